The lowest BCUT2D eigenvalue weighted by Crippen LogP contribution is -2.34. The number of benzene rings is 1. The number of rotatable bonds is 4. The average Bonchev–Trinajstić information content (AvgIpc) is 2.89. The molecule has 1 aromatic carbocycles. The van der Waals surface area contributed by atoms with Crippen LogP contribution in [0.1, 0.15) is 28.8 Å². The van der Waals surface area contributed by atoms with Gasteiger partial charge in [0.1, 0.15) is 4.83 Å². The summed E-state index contributed by atoms with van der Waals surface area (Å²) >= 11 is 1.43. The minimum atomic E-state index is -0.414. The molecule has 0 aliphatic heterocycles. The smallest absolute Gasteiger partial charge is 0.298 e. The molecule has 0 saturated heterocycles. The number of aromatic nitrogens is 2. The summed E-state index contributed by atoms with van der Waals surface area (Å²) in [6.07, 6.45) is 0.795. The molecular formula is C19H19N3O2S. The molecule has 0 amide bonds. The van der Waals surface area contributed by atoms with Gasteiger partial charge >= 0.3 is 5.69 Å². The number of hydrogen-bond donors (Lipinski definition) is 1. The van der Waals surface area contributed by atoms with Crippen LogP contribution in [0.2, 0.25) is 0 Å². The molecule has 0 saturated carbocycles. The Morgan fingerprint density at radius 2 is 1.96 bits per heavy atom. The summed E-state index contributed by atoms with van der Waals surface area (Å²) < 4.78 is 1.20. The topological polar surface area (TPSA) is 78.7 Å². The van der Waals surface area contributed by atoms with Crippen LogP contribution in [0.4, 0.5) is 0 Å². The lowest BCUT2D eigenvalue weighted by molar-refractivity contribution is 0.605. The molecule has 0 fully saturated rings. The second-order valence-corrected chi connectivity index (χ2v) is 7.41. The molecule has 0 aliphatic rings. The van der Waals surface area contributed by atoms with E-state index in [0.29, 0.717) is 23.1 Å². The van der Waals surface area contributed by atoms with Crippen LogP contribution in [-0.2, 0) is 6.54 Å². The zero-order valence-electron chi connectivity index (χ0n) is 14.5. The number of fused-ring (bicyclic) bond motifs is 1. The monoisotopic (exact) mass is 353 g/mol. The van der Waals surface area contributed by atoms with Gasteiger partial charge in [0, 0.05) is 23.4 Å². The molecular weight excluding hydrogens is 334 g/mol. The van der Waals surface area contributed by atoms with Crippen molar-refractivity contribution in [3.05, 3.63) is 55.0 Å². The van der Waals surface area contributed by atoms with Gasteiger partial charge in [-0.3, -0.25) is 14.3 Å². The van der Waals surface area contributed by atoms with Crippen LogP contribution in [0.25, 0.3) is 21.3 Å². The molecule has 0 spiro atoms. The third-order valence-electron chi connectivity index (χ3n) is 4.47. The van der Waals surface area contributed by atoms with E-state index < -0.39 is 5.69 Å². The average molecular weight is 353 g/mol. The van der Waals surface area contributed by atoms with E-state index in [1.54, 1.807) is 0 Å². The van der Waals surface area contributed by atoms with E-state index >= 15 is 0 Å². The minimum absolute atomic E-state index is 0.249. The maximum atomic E-state index is 13.0. The van der Waals surface area contributed by atoms with Crippen molar-refractivity contribution in [1.82, 2.24) is 9.55 Å². The Balaban J connectivity index is 2.26. The molecule has 5 nitrogen and oxygen atoms in total. The van der Waals surface area contributed by atoms with E-state index in [9.17, 15) is 9.59 Å². The first kappa shape index (κ1) is 17.2. The molecule has 1 N–H and O–H groups in total. The summed E-state index contributed by atoms with van der Waals surface area (Å²) in [5, 5.41) is 9.24. The third kappa shape index (κ3) is 3.03. The Bertz CT molecular complexity index is 1110. The molecule has 6 heteroatoms. The highest BCUT2D eigenvalue weighted by Gasteiger charge is 2.18. The Morgan fingerprint density at radius 3 is 2.64 bits per heavy atom. The molecule has 2 heterocycles. The zero-order valence-corrected chi connectivity index (χ0v) is 15.3. The van der Waals surface area contributed by atoms with E-state index in [-0.39, 0.29) is 12.1 Å². The van der Waals surface area contributed by atoms with Crippen molar-refractivity contribution in [2.24, 2.45) is 0 Å². The maximum Gasteiger partial charge on any atom is 0.329 e. The van der Waals surface area contributed by atoms with Crippen molar-refractivity contribution in [2.45, 2.75) is 40.2 Å². The molecule has 3 aromatic rings. The first-order valence-electron chi connectivity index (χ1n) is 8.15. The summed E-state index contributed by atoms with van der Waals surface area (Å²) in [6.45, 7) is 6.31. The van der Waals surface area contributed by atoms with Crippen LogP contribution >= 0.6 is 11.3 Å². The number of nitrogens with one attached hydrogen (secondary N) is 1. The predicted octanol–water partition coefficient (Wildman–Crippen LogP) is 3.65. The van der Waals surface area contributed by atoms with Gasteiger partial charge < -0.3 is 0 Å². The number of aromatic amines is 1. The number of nitrogens with zero attached hydrogens (tertiary/aromatic N) is 2. The van der Waals surface area contributed by atoms with E-state index in [1.165, 1.54) is 21.5 Å². The number of hydrogen-bond acceptors (Lipinski definition) is 4. The van der Waals surface area contributed by atoms with Crippen molar-refractivity contribution >= 4 is 21.6 Å². The summed E-state index contributed by atoms with van der Waals surface area (Å²) in [5.41, 5.74) is 3.54. The standard InChI is InChI=1S/C19H19N3O2S/c1-11-6-7-14(10-12(11)2)15-13(3)25-17-16(15)18(23)22(19(24)21-17)9-5-4-8-20/h6-7,10H,4-5,9H2,1-3H3,(H,21,24). The van der Waals surface area contributed by atoms with Gasteiger partial charge in [-0.15, -0.1) is 11.3 Å². The highest BCUT2D eigenvalue weighted by Crippen LogP contribution is 2.35. The fourth-order valence-electron chi connectivity index (χ4n) is 2.99. The second kappa shape index (κ2) is 6.69. The van der Waals surface area contributed by atoms with Crippen LogP contribution < -0.4 is 11.2 Å². The lowest BCUT2D eigenvalue weighted by atomic mass is 9.99. The number of aryl methyl sites for hydroxylation is 3. The summed E-state index contributed by atoms with van der Waals surface area (Å²) in [7, 11) is 0. The molecule has 128 valence electrons. The first-order valence-corrected chi connectivity index (χ1v) is 8.96. The largest absolute Gasteiger partial charge is 0.329 e. The van der Waals surface area contributed by atoms with Gasteiger partial charge in [0.2, 0.25) is 0 Å². The molecule has 0 bridgehead atoms. The first-order chi connectivity index (χ1) is 11.9. The summed E-state index contributed by atoms with van der Waals surface area (Å²) in [5.74, 6) is 0. The van der Waals surface area contributed by atoms with Crippen LogP contribution in [0.5, 0.6) is 0 Å². The van der Waals surface area contributed by atoms with Crippen molar-refractivity contribution in [1.29, 1.82) is 5.26 Å². The number of thiophene rings is 1. The number of H-pyrrole nitrogens is 1. The van der Waals surface area contributed by atoms with Gasteiger partial charge in [-0.25, -0.2) is 4.79 Å². The van der Waals surface area contributed by atoms with Crippen molar-refractivity contribution in [3.63, 3.8) is 0 Å². The molecule has 0 atom stereocenters. The van der Waals surface area contributed by atoms with E-state index in [2.05, 4.69) is 18.0 Å². The molecule has 2 aromatic heterocycles. The Labute approximate surface area is 149 Å². The van der Waals surface area contributed by atoms with Crippen LogP contribution in [0, 0.1) is 32.1 Å². The maximum absolute atomic E-state index is 13.0. The molecule has 0 unspecified atom stereocenters. The van der Waals surface area contributed by atoms with Gasteiger partial charge in [0.05, 0.1) is 11.5 Å². The van der Waals surface area contributed by atoms with Crippen LogP contribution in [0.3, 0.4) is 0 Å². The molecule has 25 heavy (non-hydrogen) atoms. The highest BCUT2D eigenvalue weighted by atomic mass is 32.1. The van der Waals surface area contributed by atoms with Gasteiger partial charge in [-0.2, -0.15) is 5.26 Å². The molecule has 0 aliphatic carbocycles. The zero-order chi connectivity index (χ0) is 18.1. The quantitative estimate of drug-likeness (QED) is 0.727. The van der Waals surface area contributed by atoms with Gasteiger partial charge in [-0.1, -0.05) is 18.2 Å². The predicted molar refractivity (Wildman–Crippen MR) is 101 cm³/mol. The molecule has 3 rings (SSSR count). The second-order valence-electron chi connectivity index (χ2n) is 6.19. The summed E-state index contributed by atoms with van der Waals surface area (Å²) in [6, 6.07) is 8.18. The number of unbranched alkanes of at least 4 members (excludes halogenated alkanes) is 1. The Morgan fingerprint density at radius 1 is 1.20 bits per heavy atom. The normalized spacial score (nSPS) is 11.0. The SMILES string of the molecule is Cc1ccc(-c2c(C)sc3[nH]c(=O)n(CCCC#N)c(=O)c23)cc1C. The number of nitriles is 1. The van der Waals surface area contributed by atoms with E-state index in [4.69, 9.17) is 5.26 Å². The van der Waals surface area contributed by atoms with Gasteiger partial charge in [0.25, 0.3) is 5.56 Å². The lowest BCUT2D eigenvalue weighted by Gasteiger charge is -2.07. The fourth-order valence-corrected chi connectivity index (χ4v) is 4.05. The van der Waals surface area contributed by atoms with Crippen LogP contribution in [0.15, 0.2) is 27.8 Å². The Hall–Kier alpha value is -2.65. The summed E-state index contributed by atoms with van der Waals surface area (Å²) in [4.78, 5) is 29.6. The van der Waals surface area contributed by atoms with E-state index in [0.717, 1.165) is 21.6 Å². The fraction of sp³-hybridized carbons (Fsp3) is 0.316. The highest BCUT2D eigenvalue weighted by molar-refractivity contribution is 7.19. The third-order valence-corrected chi connectivity index (χ3v) is 5.50. The van der Waals surface area contributed by atoms with Crippen LogP contribution in [-0.4, -0.2) is 9.55 Å². The molecule has 0 radical (unpaired) electrons. The van der Waals surface area contributed by atoms with Gasteiger partial charge in [-0.05, 0) is 43.9 Å². The van der Waals surface area contributed by atoms with Crippen molar-refractivity contribution < 1.29 is 0 Å². The van der Waals surface area contributed by atoms with Crippen molar-refractivity contribution in [3.8, 4) is 17.2 Å². The van der Waals surface area contributed by atoms with E-state index in [1.807, 2.05) is 32.0 Å². The Kier molecular flexibility index (Phi) is 4.60. The minimum Gasteiger partial charge on any atom is -0.298 e. The van der Waals surface area contributed by atoms with Crippen molar-refractivity contribution in [2.75, 3.05) is 0 Å². The van der Waals surface area contributed by atoms with Gasteiger partial charge in [0.15, 0.2) is 0 Å².